The second-order valence-electron chi connectivity index (χ2n) is 9.57. The second kappa shape index (κ2) is 15.0. The normalized spacial score (nSPS) is 12.8. The van der Waals surface area contributed by atoms with Crippen molar-refractivity contribution in [2.75, 3.05) is 13.1 Å². The van der Waals surface area contributed by atoms with E-state index in [2.05, 4.69) is 10.6 Å². The molecule has 35 heavy (non-hydrogen) atoms. The van der Waals surface area contributed by atoms with Crippen molar-refractivity contribution in [2.24, 2.45) is 5.73 Å². The number of benzene rings is 1. The maximum atomic E-state index is 13.8. The van der Waals surface area contributed by atoms with Crippen LogP contribution in [0.15, 0.2) is 30.3 Å². The molecule has 2 unspecified atom stereocenters. The lowest BCUT2D eigenvalue weighted by atomic mass is 10.0. The van der Waals surface area contributed by atoms with Crippen molar-refractivity contribution in [1.29, 1.82) is 0 Å². The van der Waals surface area contributed by atoms with Crippen LogP contribution in [0.4, 0.5) is 4.79 Å². The lowest BCUT2D eigenvalue weighted by Crippen LogP contribution is -2.54. The average molecular weight is 491 g/mol. The van der Waals surface area contributed by atoms with Crippen molar-refractivity contribution < 1.29 is 23.9 Å². The van der Waals surface area contributed by atoms with E-state index in [9.17, 15) is 19.2 Å². The highest BCUT2D eigenvalue weighted by Gasteiger charge is 2.36. The number of hydrogen-bond donors (Lipinski definition) is 3. The van der Waals surface area contributed by atoms with Crippen LogP contribution in [0.5, 0.6) is 0 Å². The minimum Gasteiger partial charge on any atom is -0.444 e. The molecule has 196 valence electrons. The molecule has 4 amide bonds. The molecule has 0 spiro atoms. The molecule has 0 bridgehead atoms. The predicted molar refractivity (Wildman–Crippen MR) is 135 cm³/mol. The molecular weight excluding hydrogens is 448 g/mol. The molecule has 0 fully saturated rings. The minimum atomic E-state index is -1.27. The zero-order chi connectivity index (χ0) is 26.4. The van der Waals surface area contributed by atoms with Crippen LogP contribution in [0, 0.1) is 0 Å². The number of unbranched alkanes of at least 4 members (excludes halogenated alkanes) is 3. The van der Waals surface area contributed by atoms with Gasteiger partial charge in [-0.15, -0.1) is 0 Å². The summed E-state index contributed by atoms with van der Waals surface area (Å²) in [6, 6.07) is 6.82. The first-order valence-electron chi connectivity index (χ1n) is 12.4. The number of nitrogens with one attached hydrogen (secondary N) is 2. The van der Waals surface area contributed by atoms with Crippen LogP contribution in [0.1, 0.15) is 84.7 Å². The zero-order valence-electron chi connectivity index (χ0n) is 21.8. The van der Waals surface area contributed by atoms with E-state index in [1.807, 2.05) is 19.9 Å². The first-order valence-corrected chi connectivity index (χ1v) is 12.4. The molecule has 9 heteroatoms. The van der Waals surface area contributed by atoms with Crippen LogP contribution < -0.4 is 16.4 Å². The quantitative estimate of drug-likeness (QED) is 0.344. The Morgan fingerprint density at radius 2 is 1.63 bits per heavy atom. The third-order valence-electron chi connectivity index (χ3n) is 5.18. The molecule has 0 radical (unpaired) electrons. The predicted octanol–water partition coefficient (Wildman–Crippen LogP) is 3.43. The number of ether oxygens (including phenoxy) is 1. The fourth-order valence-electron chi connectivity index (χ4n) is 3.54. The summed E-state index contributed by atoms with van der Waals surface area (Å²) in [5.41, 5.74) is 5.25. The Morgan fingerprint density at radius 1 is 1.00 bits per heavy atom. The number of nitrogens with two attached hydrogens (primary N) is 1. The Morgan fingerprint density at radius 3 is 2.17 bits per heavy atom. The van der Waals surface area contributed by atoms with Crippen LogP contribution in [-0.2, 0) is 19.1 Å². The summed E-state index contributed by atoms with van der Waals surface area (Å²) in [6.45, 7) is 9.91. The van der Waals surface area contributed by atoms with Gasteiger partial charge in [-0.05, 0) is 39.2 Å². The molecule has 1 aromatic rings. The number of alkyl carbamates (subject to hydrolysis) is 1. The maximum Gasteiger partial charge on any atom is 0.408 e. The van der Waals surface area contributed by atoms with E-state index in [0.717, 1.165) is 25.7 Å². The maximum absolute atomic E-state index is 13.8. The van der Waals surface area contributed by atoms with Gasteiger partial charge in [-0.2, -0.15) is 0 Å². The van der Waals surface area contributed by atoms with Gasteiger partial charge in [0.2, 0.25) is 17.7 Å². The Labute approximate surface area is 209 Å². The first kappa shape index (κ1) is 29.9. The number of hydrogen-bond acceptors (Lipinski definition) is 5. The molecule has 0 saturated heterocycles. The molecule has 0 aliphatic heterocycles. The fourth-order valence-corrected chi connectivity index (χ4v) is 3.54. The Balaban J connectivity index is 3.37. The summed E-state index contributed by atoms with van der Waals surface area (Å²) in [5.74, 6) is -1.63. The van der Waals surface area contributed by atoms with E-state index in [4.69, 9.17) is 10.5 Å². The lowest BCUT2D eigenvalue weighted by Gasteiger charge is -2.34. The minimum absolute atomic E-state index is 0.276. The van der Waals surface area contributed by atoms with Crippen molar-refractivity contribution in [3.05, 3.63) is 35.9 Å². The van der Waals surface area contributed by atoms with Gasteiger partial charge >= 0.3 is 6.09 Å². The van der Waals surface area contributed by atoms with Crippen LogP contribution in [0.2, 0.25) is 0 Å². The van der Waals surface area contributed by atoms with E-state index in [0.29, 0.717) is 18.5 Å². The van der Waals surface area contributed by atoms with Crippen molar-refractivity contribution in [1.82, 2.24) is 15.5 Å². The second-order valence-corrected chi connectivity index (χ2v) is 9.57. The monoisotopic (exact) mass is 490 g/mol. The highest BCUT2D eigenvalue weighted by atomic mass is 16.6. The Bertz CT molecular complexity index is 823. The standard InChI is InChI=1S/C26H42N4O5/c1-6-8-13-17-30(22(19-14-11-10-12-15-19)23(32)28-16-9-7-2)24(33)20(18-21(27)31)29-25(34)35-26(3,4)5/h10-12,14-15,20,22H,6-9,13,16-18H2,1-5H3,(H2,27,31)(H,28,32)(H,29,34). The number of amides is 4. The number of carbonyl (C=O) groups is 4. The highest BCUT2D eigenvalue weighted by molar-refractivity contribution is 5.94. The number of rotatable bonds is 14. The van der Waals surface area contributed by atoms with Crippen molar-refractivity contribution in [3.8, 4) is 0 Å². The van der Waals surface area contributed by atoms with Crippen LogP contribution in [0.3, 0.4) is 0 Å². The molecule has 1 aromatic carbocycles. The third kappa shape index (κ3) is 11.2. The highest BCUT2D eigenvalue weighted by Crippen LogP contribution is 2.24. The molecule has 9 nitrogen and oxygen atoms in total. The molecule has 0 heterocycles. The number of carbonyl (C=O) groups excluding carboxylic acids is 4. The summed E-state index contributed by atoms with van der Waals surface area (Å²) in [7, 11) is 0. The smallest absolute Gasteiger partial charge is 0.408 e. The molecule has 0 aliphatic carbocycles. The summed E-state index contributed by atoms with van der Waals surface area (Å²) in [6.07, 6.45) is 2.89. The van der Waals surface area contributed by atoms with Crippen LogP contribution >= 0.6 is 0 Å². The van der Waals surface area contributed by atoms with E-state index in [1.165, 1.54) is 4.90 Å². The summed E-state index contributed by atoms with van der Waals surface area (Å²) < 4.78 is 5.28. The number of nitrogens with zero attached hydrogens (tertiary/aromatic N) is 1. The van der Waals surface area contributed by atoms with E-state index >= 15 is 0 Å². The molecule has 2 atom stereocenters. The van der Waals surface area contributed by atoms with Crippen LogP contribution in [-0.4, -0.2) is 53.4 Å². The number of primary amides is 1. The van der Waals surface area contributed by atoms with Gasteiger partial charge in [0, 0.05) is 13.1 Å². The van der Waals surface area contributed by atoms with Gasteiger partial charge in [-0.3, -0.25) is 14.4 Å². The van der Waals surface area contributed by atoms with Crippen molar-refractivity contribution in [3.63, 3.8) is 0 Å². The molecular formula is C26H42N4O5. The molecule has 0 saturated carbocycles. The van der Waals surface area contributed by atoms with Gasteiger partial charge in [-0.25, -0.2) is 4.79 Å². The fraction of sp³-hybridized carbons (Fsp3) is 0.615. The third-order valence-corrected chi connectivity index (χ3v) is 5.18. The van der Waals surface area contributed by atoms with Crippen LogP contribution in [0.25, 0.3) is 0 Å². The molecule has 1 rings (SSSR count). The zero-order valence-corrected chi connectivity index (χ0v) is 21.8. The van der Waals surface area contributed by atoms with Crippen molar-refractivity contribution >= 4 is 23.8 Å². The Kier molecular flexibility index (Phi) is 12.8. The van der Waals surface area contributed by atoms with Gasteiger partial charge in [-0.1, -0.05) is 63.4 Å². The summed E-state index contributed by atoms with van der Waals surface area (Å²) in [5, 5.41) is 5.41. The van der Waals surface area contributed by atoms with E-state index < -0.39 is 42.0 Å². The topological polar surface area (TPSA) is 131 Å². The SMILES string of the molecule is CCCCCN(C(=O)C(CC(N)=O)NC(=O)OC(C)(C)C)C(C(=O)NCCCC)c1ccccc1. The molecule has 0 aliphatic rings. The van der Waals surface area contributed by atoms with E-state index in [1.54, 1.807) is 45.0 Å². The average Bonchev–Trinajstić information content (AvgIpc) is 2.77. The van der Waals surface area contributed by atoms with Crippen molar-refractivity contribution in [2.45, 2.75) is 90.8 Å². The molecule has 4 N–H and O–H groups in total. The van der Waals surface area contributed by atoms with Gasteiger partial charge < -0.3 is 26.0 Å². The lowest BCUT2D eigenvalue weighted by molar-refractivity contribution is -0.143. The van der Waals surface area contributed by atoms with Gasteiger partial charge in [0.1, 0.15) is 17.7 Å². The largest absolute Gasteiger partial charge is 0.444 e. The van der Waals surface area contributed by atoms with Gasteiger partial charge in [0.25, 0.3) is 0 Å². The van der Waals surface area contributed by atoms with Gasteiger partial charge in [0.05, 0.1) is 6.42 Å². The Hall–Kier alpha value is -3.10. The first-order chi connectivity index (χ1) is 16.5. The molecule has 0 aromatic heterocycles. The summed E-state index contributed by atoms with van der Waals surface area (Å²) in [4.78, 5) is 52.8. The summed E-state index contributed by atoms with van der Waals surface area (Å²) >= 11 is 0. The van der Waals surface area contributed by atoms with Gasteiger partial charge in [0.15, 0.2) is 0 Å². The van der Waals surface area contributed by atoms with E-state index in [-0.39, 0.29) is 12.5 Å².